The van der Waals surface area contributed by atoms with E-state index in [0.717, 1.165) is 53.3 Å². The Morgan fingerprint density at radius 2 is 1.92 bits per heavy atom. The molecule has 0 saturated carbocycles. The van der Waals surface area contributed by atoms with Crippen LogP contribution in [0.15, 0.2) is 67.0 Å². The molecule has 0 amide bonds. The number of hydrogen-bond donors (Lipinski definition) is 1. The standard InChI is InChI=1S/C27H28FN9O/c1-35-26(10-12-30-35)32-27-29-11-9-22(31-27)19-5-8-24-23(15-19)33-34-37(24)25-17-36(13-14-38-2)16-21(25)18-3-6-20(28)7-4-18/h3-12,15,21,25H,13-14,16-17H2,1-2H3,(H,29,31,32)/t21-,25?/m0/s1. The molecule has 38 heavy (non-hydrogen) atoms. The number of hydrogen-bond acceptors (Lipinski definition) is 8. The van der Waals surface area contributed by atoms with Crippen molar-refractivity contribution in [1.29, 1.82) is 0 Å². The van der Waals surface area contributed by atoms with Crippen LogP contribution in [-0.2, 0) is 11.8 Å². The Balaban J connectivity index is 1.30. The summed E-state index contributed by atoms with van der Waals surface area (Å²) in [4.78, 5) is 11.4. The topological polar surface area (TPSA) is 98.8 Å². The highest BCUT2D eigenvalue weighted by Crippen LogP contribution is 2.37. The number of fused-ring (bicyclic) bond motifs is 1. The highest BCUT2D eigenvalue weighted by molar-refractivity contribution is 5.81. The van der Waals surface area contributed by atoms with Crippen molar-refractivity contribution in [1.82, 2.24) is 39.6 Å². The summed E-state index contributed by atoms with van der Waals surface area (Å²) in [5.74, 6) is 1.20. The molecule has 194 valence electrons. The van der Waals surface area contributed by atoms with Crippen molar-refractivity contribution in [2.24, 2.45) is 7.05 Å². The van der Waals surface area contributed by atoms with Gasteiger partial charge in [0.1, 0.15) is 17.2 Å². The average molecular weight is 514 g/mol. The van der Waals surface area contributed by atoms with Gasteiger partial charge < -0.3 is 10.1 Å². The highest BCUT2D eigenvalue weighted by atomic mass is 19.1. The maximum atomic E-state index is 13.6. The van der Waals surface area contributed by atoms with E-state index in [2.05, 4.69) is 35.6 Å². The molecule has 0 aliphatic carbocycles. The van der Waals surface area contributed by atoms with Gasteiger partial charge in [-0.05, 0) is 35.9 Å². The summed E-state index contributed by atoms with van der Waals surface area (Å²) < 4.78 is 22.7. The van der Waals surface area contributed by atoms with Crippen molar-refractivity contribution in [3.05, 3.63) is 78.4 Å². The van der Waals surface area contributed by atoms with E-state index < -0.39 is 0 Å². The smallest absolute Gasteiger partial charge is 0.228 e. The third-order valence-corrected chi connectivity index (χ3v) is 7.07. The van der Waals surface area contributed by atoms with Gasteiger partial charge in [-0.25, -0.2) is 19.0 Å². The van der Waals surface area contributed by atoms with Gasteiger partial charge in [0.15, 0.2) is 0 Å². The van der Waals surface area contributed by atoms with Crippen LogP contribution in [0, 0.1) is 5.82 Å². The first kappa shape index (κ1) is 24.1. The molecule has 10 nitrogen and oxygen atoms in total. The molecule has 1 aliphatic heterocycles. The van der Waals surface area contributed by atoms with Gasteiger partial charge in [0.25, 0.3) is 0 Å². The molecule has 11 heteroatoms. The van der Waals surface area contributed by atoms with Crippen molar-refractivity contribution < 1.29 is 9.13 Å². The molecule has 5 aromatic rings. The van der Waals surface area contributed by atoms with Crippen molar-refractivity contribution in [2.45, 2.75) is 12.0 Å². The Morgan fingerprint density at radius 1 is 1.05 bits per heavy atom. The van der Waals surface area contributed by atoms with Gasteiger partial charge in [-0.1, -0.05) is 23.4 Å². The summed E-state index contributed by atoms with van der Waals surface area (Å²) >= 11 is 0. The maximum absolute atomic E-state index is 13.6. The first-order chi connectivity index (χ1) is 18.6. The molecule has 2 atom stereocenters. The van der Waals surface area contributed by atoms with E-state index in [-0.39, 0.29) is 17.8 Å². The number of nitrogens with zero attached hydrogens (tertiary/aromatic N) is 8. The third kappa shape index (κ3) is 4.73. The number of aryl methyl sites for hydroxylation is 1. The molecule has 1 aliphatic rings. The minimum Gasteiger partial charge on any atom is -0.383 e. The van der Waals surface area contributed by atoms with E-state index in [9.17, 15) is 4.39 Å². The number of halogens is 1. The zero-order chi connectivity index (χ0) is 26.1. The van der Waals surface area contributed by atoms with Gasteiger partial charge in [0, 0.05) is 57.5 Å². The number of nitrogens with one attached hydrogen (secondary N) is 1. The van der Waals surface area contributed by atoms with Crippen molar-refractivity contribution in [3.63, 3.8) is 0 Å². The van der Waals surface area contributed by atoms with Gasteiger partial charge in [0.05, 0.1) is 30.1 Å². The molecule has 0 bridgehead atoms. The average Bonchev–Trinajstić information content (AvgIpc) is 3.66. The number of anilines is 2. The lowest BCUT2D eigenvalue weighted by Gasteiger charge is -2.19. The number of methoxy groups -OCH3 is 1. The normalized spacial score (nSPS) is 17.9. The van der Waals surface area contributed by atoms with Crippen LogP contribution >= 0.6 is 0 Å². The van der Waals surface area contributed by atoms with Crippen LogP contribution in [0.4, 0.5) is 16.2 Å². The molecular formula is C27H28FN9O. The molecule has 1 fully saturated rings. The zero-order valence-electron chi connectivity index (χ0n) is 21.2. The molecule has 1 N–H and O–H groups in total. The van der Waals surface area contributed by atoms with E-state index in [4.69, 9.17) is 4.74 Å². The van der Waals surface area contributed by atoms with Gasteiger partial charge in [-0.15, -0.1) is 5.10 Å². The largest absolute Gasteiger partial charge is 0.383 e. The van der Waals surface area contributed by atoms with Gasteiger partial charge in [-0.3, -0.25) is 9.58 Å². The summed E-state index contributed by atoms with van der Waals surface area (Å²) in [7, 11) is 3.56. The second-order valence-corrected chi connectivity index (χ2v) is 9.45. The Bertz CT molecular complexity index is 1550. The quantitative estimate of drug-likeness (QED) is 0.335. The fourth-order valence-electron chi connectivity index (χ4n) is 5.09. The minimum atomic E-state index is -0.235. The highest BCUT2D eigenvalue weighted by Gasteiger charge is 2.36. The monoisotopic (exact) mass is 513 g/mol. The third-order valence-electron chi connectivity index (χ3n) is 7.07. The summed E-state index contributed by atoms with van der Waals surface area (Å²) in [5, 5.41) is 16.4. The summed E-state index contributed by atoms with van der Waals surface area (Å²) in [6.45, 7) is 3.12. The number of likely N-dealkylation sites (tertiary alicyclic amines) is 1. The number of benzene rings is 2. The maximum Gasteiger partial charge on any atom is 0.228 e. The predicted molar refractivity (Wildman–Crippen MR) is 142 cm³/mol. The lowest BCUT2D eigenvalue weighted by atomic mass is 9.94. The first-order valence-electron chi connectivity index (χ1n) is 12.5. The second kappa shape index (κ2) is 10.3. The summed E-state index contributed by atoms with van der Waals surface area (Å²) in [6.07, 6.45) is 3.44. The van der Waals surface area contributed by atoms with Crippen LogP contribution in [-0.4, -0.2) is 73.0 Å². The molecular weight excluding hydrogens is 485 g/mol. The molecule has 3 aromatic heterocycles. The molecule has 0 spiro atoms. The van der Waals surface area contributed by atoms with E-state index in [0.29, 0.717) is 12.6 Å². The molecule has 4 heterocycles. The van der Waals surface area contributed by atoms with Crippen molar-refractivity contribution >= 4 is 22.8 Å². The predicted octanol–water partition coefficient (Wildman–Crippen LogP) is 3.79. The van der Waals surface area contributed by atoms with Crippen LogP contribution in [0.3, 0.4) is 0 Å². The van der Waals surface area contributed by atoms with Gasteiger partial charge in [-0.2, -0.15) is 5.10 Å². The molecule has 1 saturated heterocycles. The van der Waals surface area contributed by atoms with E-state index in [1.165, 1.54) is 12.1 Å². The van der Waals surface area contributed by atoms with Crippen molar-refractivity contribution in [3.8, 4) is 11.3 Å². The second-order valence-electron chi connectivity index (χ2n) is 9.45. The van der Waals surface area contributed by atoms with E-state index in [1.807, 2.05) is 54.2 Å². The zero-order valence-corrected chi connectivity index (χ0v) is 21.2. The number of aromatic nitrogens is 7. The van der Waals surface area contributed by atoms with E-state index in [1.54, 1.807) is 24.2 Å². The van der Waals surface area contributed by atoms with Crippen LogP contribution in [0.2, 0.25) is 0 Å². The Labute approximate surface area is 219 Å². The lowest BCUT2D eigenvalue weighted by Crippen LogP contribution is -2.25. The summed E-state index contributed by atoms with van der Waals surface area (Å²) in [5.41, 5.74) is 4.52. The summed E-state index contributed by atoms with van der Waals surface area (Å²) in [6, 6.07) is 16.6. The Morgan fingerprint density at radius 3 is 2.71 bits per heavy atom. The van der Waals surface area contributed by atoms with Gasteiger partial charge in [0.2, 0.25) is 5.95 Å². The fraction of sp³-hybridized carbons (Fsp3) is 0.296. The number of ether oxygens (including phenoxy) is 1. The Hall–Kier alpha value is -4.22. The van der Waals surface area contributed by atoms with Gasteiger partial charge >= 0.3 is 0 Å². The molecule has 2 aromatic carbocycles. The first-order valence-corrected chi connectivity index (χ1v) is 12.5. The molecule has 1 unspecified atom stereocenters. The molecule has 0 radical (unpaired) electrons. The molecule has 6 rings (SSSR count). The lowest BCUT2D eigenvalue weighted by molar-refractivity contribution is 0.158. The SMILES string of the molecule is COCCN1CC(n2nnc3cc(-c4ccnc(Nc5ccnn5C)n4)ccc32)[C@H](c2ccc(F)cc2)C1. The van der Waals surface area contributed by atoms with E-state index >= 15 is 0 Å². The number of rotatable bonds is 8. The van der Waals surface area contributed by atoms with Crippen LogP contribution in [0.25, 0.3) is 22.3 Å². The van der Waals surface area contributed by atoms with Crippen LogP contribution < -0.4 is 5.32 Å². The van der Waals surface area contributed by atoms with Crippen LogP contribution in [0.1, 0.15) is 17.5 Å². The minimum absolute atomic E-state index is 0.0573. The fourth-order valence-corrected chi connectivity index (χ4v) is 5.09. The Kier molecular flexibility index (Phi) is 6.52. The van der Waals surface area contributed by atoms with Crippen molar-refractivity contribution in [2.75, 3.05) is 38.7 Å². The van der Waals surface area contributed by atoms with Crippen LogP contribution in [0.5, 0.6) is 0 Å².